The minimum Gasteiger partial charge on any atom is -0.479 e. The highest BCUT2D eigenvalue weighted by Crippen LogP contribution is 2.28. The predicted molar refractivity (Wildman–Crippen MR) is 115 cm³/mol. The Kier molecular flexibility index (Phi) is 7.11. The van der Waals surface area contributed by atoms with Gasteiger partial charge in [-0.05, 0) is 55.0 Å². The second-order valence-corrected chi connectivity index (χ2v) is 6.90. The molecule has 29 heavy (non-hydrogen) atoms. The molecule has 3 aromatic rings. The third-order valence-corrected chi connectivity index (χ3v) is 4.32. The van der Waals surface area contributed by atoms with E-state index in [0.717, 1.165) is 11.3 Å². The molecule has 1 atom stereocenters. The molecular weight excluding hydrogens is 411 g/mol. The summed E-state index contributed by atoms with van der Waals surface area (Å²) in [5, 5.41) is 4.79. The van der Waals surface area contributed by atoms with E-state index in [2.05, 4.69) is 10.5 Å². The van der Waals surface area contributed by atoms with Crippen LogP contribution < -0.4 is 14.9 Å². The third-order valence-electron chi connectivity index (χ3n) is 3.79. The molecule has 5 nitrogen and oxygen atoms in total. The maximum absolute atomic E-state index is 12.2. The number of nitrogens with one attached hydrogen (secondary N) is 1. The van der Waals surface area contributed by atoms with Crippen molar-refractivity contribution >= 4 is 35.3 Å². The highest BCUT2D eigenvalue weighted by molar-refractivity contribution is 6.35. The highest BCUT2D eigenvalue weighted by Gasteiger charge is 2.15. The van der Waals surface area contributed by atoms with E-state index in [4.69, 9.17) is 32.7 Å². The molecule has 0 fully saturated rings. The van der Waals surface area contributed by atoms with Crippen LogP contribution in [0.15, 0.2) is 77.9 Å². The van der Waals surface area contributed by atoms with Crippen LogP contribution in [0, 0.1) is 0 Å². The molecule has 0 aliphatic rings. The van der Waals surface area contributed by atoms with E-state index in [1.165, 1.54) is 6.21 Å². The Morgan fingerprint density at radius 2 is 1.76 bits per heavy atom. The van der Waals surface area contributed by atoms with E-state index in [9.17, 15) is 4.79 Å². The largest absolute Gasteiger partial charge is 0.479 e. The van der Waals surface area contributed by atoms with Crippen LogP contribution in [0.2, 0.25) is 10.0 Å². The van der Waals surface area contributed by atoms with Gasteiger partial charge in [-0.2, -0.15) is 5.10 Å². The Morgan fingerprint density at radius 3 is 2.52 bits per heavy atom. The third kappa shape index (κ3) is 6.24. The lowest BCUT2D eigenvalue weighted by Gasteiger charge is -2.14. The summed E-state index contributed by atoms with van der Waals surface area (Å²) in [6.07, 6.45) is 0.733. The second-order valence-electron chi connectivity index (χ2n) is 6.06. The van der Waals surface area contributed by atoms with Crippen LogP contribution >= 0.6 is 23.2 Å². The van der Waals surface area contributed by atoms with Gasteiger partial charge in [-0.15, -0.1) is 0 Å². The van der Waals surface area contributed by atoms with E-state index in [0.29, 0.717) is 21.5 Å². The number of nitrogens with zero attached hydrogens (tertiary/aromatic N) is 1. The average molecular weight is 429 g/mol. The van der Waals surface area contributed by atoms with Crippen molar-refractivity contribution in [2.24, 2.45) is 5.10 Å². The fourth-order valence-electron chi connectivity index (χ4n) is 2.36. The number of halogens is 2. The Hall–Kier alpha value is -3.02. The molecule has 0 saturated heterocycles. The minimum absolute atomic E-state index is 0.330. The molecule has 3 aromatic carbocycles. The summed E-state index contributed by atoms with van der Waals surface area (Å²) in [4.78, 5) is 12.2. The molecule has 0 aromatic heterocycles. The monoisotopic (exact) mass is 428 g/mol. The van der Waals surface area contributed by atoms with E-state index < -0.39 is 12.0 Å². The number of hydrogen-bond donors (Lipinski definition) is 1. The van der Waals surface area contributed by atoms with Crippen molar-refractivity contribution in [2.75, 3.05) is 0 Å². The summed E-state index contributed by atoms with van der Waals surface area (Å²) in [6, 6.07) is 21.6. The number of hydrogen-bond acceptors (Lipinski definition) is 4. The van der Waals surface area contributed by atoms with Gasteiger partial charge in [0.25, 0.3) is 5.91 Å². The van der Waals surface area contributed by atoms with Crippen molar-refractivity contribution in [1.82, 2.24) is 5.43 Å². The number of hydrazone groups is 1. The van der Waals surface area contributed by atoms with Gasteiger partial charge in [0, 0.05) is 5.02 Å². The molecular formula is C22H18Cl2N2O3. The Labute approximate surface area is 178 Å². The van der Waals surface area contributed by atoms with Crippen LogP contribution in [-0.4, -0.2) is 18.2 Å². The SMILES string of the molecule is CC(Oc1ccc(Cl)cc1Cl)C(=O)N/N=C/c1cccc(Oc2ccccc2)c1. The fourth-order valence-corrected chi connectivity index (χ4v) is 2.81. The summed E-state index contributed by atoms with van der Waals surface area (Å²) in [7, 11) is 0. The smallest absolute Gasteiger partial charge is 0.280 e. The number of rotatable bonds is 7. The molecule has 1 amide bonds. The zero-order valence-corrected chi connectivity index (χ0v) is 17.0. The lowest BCUT2D eigenvalue weighted by Crippen LogP contribution is -2.33. The first kappa shape index (κ1) is 20.7. The lowest BCUT2D eigenvalue weighted by atomic mass is 10.2. The van der Waals surface area contributed by atoms with E-state index in [-0.39, 0.29) is 0 Å². The fraction of sp³-hybridized carbons (Fsp3) is 0.0909. The molecule has 3 rings (SSSR count). The maximum atomic E-state index is 12.2. The molecule has 148 valence electrons. The molecule has 0 spiro atoms. The van der Waals surface area contributed by atoms with Gasteiger partial charge in [-0.1, -0.05) is 53.5 Å². The first-order chi connectivity index (χ1) is 14.0. The first-order valence-electron chi connectivity index (χ1n) is 8.79. The van der Waals surface area contributed by atoms with Gasteiger partial charge in [-0.25, -0.2) is 5.43 Å². The predicted octanol–water partition coefficient (Wildman–Crippen LogP) is 5.70. The van der Waals surface area contributed by atoms with Crippen LogP contribution in [0.5, 0.6) is 17.2 Å². The molecule has 0 saturated carbocycles. The van der Waals surface area contributed by atoms with Crippen molar-refractivity contribution in [1.29, 1.82) is 0 Å². The van der Waals surface area contributed by atoms with Crippen molar-refractivity contribution in [3.63, 3.8) is 0 Å². The normalized spacial score (nSPS) is 11.8. The van der Waals surface area contributed by atoms with Gasteiger partial charge in [0.2, 0.25) is 0 Å². The van der Waals surface area contributed by atoms with Crippen LogP contribution in [0.3, 0.4) is 0 Å². The van der Waals surface area contributed by atoms with Gasteiger partial charge in [0.05, 0.1) is 11.2 Å². The molecule has 0 bridgehead atoms. The van der Waals surface area contributed by atoms with Crippen molar-refractivity contribution in [3.8, 4) is 17.2 Å². The summed E-state index contributed by atoms with van der Waals surface area (Å²) < 4.78 is 11.3. The Balaban J connectivity index is 1.56. The number of carbonyl (C=O) groups excluding carboxylic acids is 1. The van der Waals surface area contributed by atoms with Crippen LogP contribution in [0.1, 0.15) is 12.5 Å². The summed E-state index contributed by atoms with van der Waals surface area (Å²) in [5.41, 5.74) is 3.22. The molecule has 0 radical (unpaired) electrons. The Bertz CT molecular complexity index is 1010. The molecule has 1 N–H and O–H groups in total. The van der Waals surface area contributed by atoms with E-state index in [1.54, 1.807) is 25.1 Å². The standard InChI is InChI=1S/C22H18Cl2N2O3/c1-15(28-21-11-10-17(23)13-20(21)24)22(27)26-25-14-16-6-5-9-19(12-16)29-18-7-3-2-4-8-18/h2-15H,1H3,(H,26,27)/b25-14+. The molecule has 0 aliphatic carbocycles. The quantitative estimate of drug-likeness (QED) is 0.387. The van der Waals surface area contributed by atoms with E-state index >= 15 is 0 Å². The second kappa shape index (κ2) is 9.96. The number of ether oxygens (including phenoxy) is 2. The highest BCUT2D eigenvalue weighted by atomic mass is 35.5. The zero-order valence-electron chi connectivity index (χ0n) is 15.5. The Morgan fingerprint density at radius 1 is 1.00 bits per heavy atom. The van der Waals surface area contributed by atoms with Crippen molar-refractivity contribution in [2.45, 2.75) is 13.0 Å². The molecule has 0 aliphatic heterocycles. The number of benzene rings is 3. The molecule has 0 heterocycles. The number of para-hydroxylation sites is 1. The summed E-state index contributed by atoms with van der Waals surface area (Å²) in [5.74, 6) is 1.36. The lowest BCUT2D eigenvalue weighted by molar-refractivity contribution is -0.127. The van der Waals surface area contributed by atoms with Gasteiger partial charge in [0.1, 0.15) is 17.2 Å². The number of amides is 1. The number of carbonyl (C=O) groups is 1. The average Bonchev–Trinajstić information content (AvgIpc) is 2.71. The van der Waals surface area contributed by atoms with Gasteiger partial charge >= 0.3 is 0 Å². The van der Waals surface area contributed by atoms with E-state index in [1.807, 2.05) is 54.6 Å². The first-order valence-corrected chi connectivity index (χ1v) is 9.54. The van der Waals surface area contributed by atoms with Gasteiger partial charge in [0.15, 0.2) is 6.10 Å². The summed E-state index contributed by atoms with van der Waals surface area (Å²) >= 11 is 11.9. The minimum atomic E-state index is -0.793. The van der Waals surface area contributed by atoms with Crippen LogP contribution in [0.4, 0.5) is 0 Å². The zero-order chi connectivity index (χ0) is 20.6. The summed E-state index contributed by atoms with van der Waals surface area (Å²) in [6.45, 7) is 1.60. The van der Waals surface area contributed by atoms with Gasteiger partial charge < -0.3 is 9.47 Å². The van der Waals surface area contributed by atoms with Crippen LogP contribution in [-0.2, 0) is 4.79 Å². The topological polar surface area (TPSA) is 59.9 Å². The van der Waals surface area contributed by atoms with Gasteiger partial charge in [-0.3, -0.25) is 4.79 Å². The maximum Gasteiger partial charge on any atom is 0.280 e. The van der Waals surface area contributed by atoms with Crippen molar-refractivity contribution in [3.05, 3.63) is 88.4 Å². The van der Waals surface area contributed by atoms with Crippen molar-refractivity contribution < 1.29 is 14.3 Å². The molecule has 1 unspecified atom stereocenters. The molecule has 7 heteroatoms. The van der Waals surface area contributed by atoms with Crippen LogP contribution in [0.25, 0.3) is 0 Å².